The Bertz CT molecular complexity index is 706. The zero-order chi connectivity index (χ0) is 17.8. The summed E-state index contributed by atoms with van der Waals surface area (Å²) in [6.45, 7) is 5.31. The van der Waals surface area contributed by atoms with Crippen molar-refractivity contribution >= 4 is 5.91 Å². The van der Waals surface area contributed by atoms with Crippen molar-refractivity contribution in [2.45, 2.75) is 32.5 Å². The monoisotopic (exact) mass is 345 g/mol. The van der Waals surface area contributed by atoms with Gasteiger partial charge in [-0.2, -0.15) is 5.10 Å². The standard InChI is InChI=1S/C18H27N5O2/c1-4-23-16(7-9-20-23)17-13(8-10-25-17)11-19-12-14-5-6-15(21-14)18(24)22(2)3/h5-7,9,13,17,19,21H,4,8,10-12H2,1-3H3/t13-,17+/m0/s1. The van der Waals surface area contributed by atoms with Gasteiger partial charge in [-0.15, -0.1) is 0 Å². The van der Waals surface area contributed by atoms with Crippen molar-refractivity contribution in [3.05, 3.63) is 41.5 Å². The van der Waals surface area contributed by atoms with E-state index in [4.69, 9.17) is 4.74 Å². The summed E-state index contributed by atoms with van der Waals surface area (Å²) < 4.78 is 7.97. The number of aromatic amines is 1. The van der Waals surface area contributed by atoms with Gasteiger partial charge in [0.05, 0.1) is 5.69 Å². The lowest BCUT2D eigenvalue weighted by Gasteiger charge is -2.20. The van der Waals surface area contributed by atoms with Crippen molar-refractivity contribution in [2.24, 2.45) is 5.92 Å². The fourth-order valence-corrected chi connectivity index (χ4v) is 3.32. The van der Waals surface area contributed by atoms with Gasteiger partial charge in [-0.1, -0.05) is 0 Å². The number of aromatic nitrogens is 3. The third-order valence-corrected chi connectivity index (χ3v) is 4.66. The van der Waals surface area contributed by atoms with Gasteiger partial charge in [0.1, 0.15) is 11.8 Å². The normalized spacial score (nSPS) is 20.1. The van der Waals surface area contributed by atoms with E-state index in [2.05, 4.69) is 28.4 Å². The summed E-state index contributed by atoms with van der Waals surface area (Å²) in [6.07, 6.45) is 2.99. The van der Waals surface area contributed by atoms with Crippen LogP contribution in [0.25, 0.3) is 0 Å². The molecule has 1 aliphatic rings. The van der Waals surface area contributed by atoms with Crippen LogP contribution < -0.4 is 5.32 Å². The predicted octanol–water partition coefficient (Wildman–Crippen LogP) is 1.80. The number of H-pyrrole nitrogens is 1. The van der Waals surface area contributed by atoms with E-state index in [0.29, 0.717) is 18.2 Å². The lowest BCUT2D eigenvalue weighted by atomic mass is 9.99. The summed E-state index contributed by atoms with van der Waals surface area (Å²) in [7, 11) is 3.50. The quantitative estimate of drug-likeness (QED) is 0.802. The van der Waals surface area contributed by atoms with E-state index in [1.54, 1.807) is 19.0 Å². The largest absolute Gasteiger partial charge is 0.372 e. The van der Waals surface area contributed by atoms with Gasteiger partial charge in [-0.25, -0.2) is 0 Å². The minimum Gasteiger partial charge on any atom is -0.372 e. The molecule has 0 aliphatic carbocycles. The molecule has 0 bridgehead atoms. The fourth-order valence-electron chi connectivity index (χ4n) is 3.32. The molecule has 7 nitrogen and oxygen atoms in total. The van der Waals surface area contributed by atoms with Crippen LogP contribution >= 0.6 is 0 Å². The highest BCUT2D eigenvalue weighted by Gasteiger charge is 2.31. The number of carbonyl (C=O) groups is 1. The third kappa shape index (κ3) is 3.93. The number of hydrogen-bond acceptors (Lipinski definition) is 4. The Kier molecular flexibility index (Phi) is 5.55. The Labute approximate surface area is 148 Å². The van der Waals surface area contributed by atoms with Crippen LogP contribution in [-0.2, 0) is 17.8 Å². The molecule has 1 fully saturated rings. The molecule has 3 heterocycles. The van der Waals surface area contributed by atoms with Crippen molar-refractivity contribution in [1.82, 2.24) is 25.0 Å². The molecule has 2 atom stereocenters. The second-order valence-corrected chi connectivity index (χ2v) is 6.64. The van der Waals surface area contributed by atoms with Crippen molar-refractivity contribution in [3.63, 3.8) is 0 Å². The van der Waals surface area contributed by atoms with Gasteiger partial charge >= 0.3 is 0 Å². The van der Waals surface area contributed by atoms with E-state index in [1.807, 2.05) is 23.0 Å². The average Bonchev–Trinajstić information content (AvgIpc) is 3.33. The molecule has 136 valence electrons. The summed E-state index contributed by atoms with van der Waals surface area (Å²) in [6, 6.07) is 5.84. The molecule has 1 amide bonds. The fraction of sp³-hybridized carbons (Fsp3) is 0.556. The molecular formula is C18H27N5O2. The number of rotatable bonds is 7. The maximum absolute atomic E-state index is 11.9. The number of hydrogen-bond donors (Lipinski definition) is 2. The van der Waals surface area contributed by atoms with Crippen LogP contribution in [0.4, 0.5) is 0 Å². The first kappa shape index (κ1) is 17.7. The third-order valence-electron chi connectivity index (χ3n) is 4.66. The van der Waals surface area contributed by atoms with E-state index in [1.165, 1.54) is 0 Å². The van der Waals surface area contributed by atoms with Gasteiger partial charge in [-0.3, -0.25) is 9.48 Å². The van der Waals surface area contributed by atoms with E-state index in [9.17, 15) is 4.79 Å². The van der Waals surface area contributed by atoms with Crippen molar-refractivity contribution < 1.29 is 9.53 Å². The first-order valence-corrected chi connectivity index (χ1v) is 8.83. The van der Waals surface area contributed by atoms with Gasteiger partial charge in [0, 0.05) is 58.1 Å². The second-order valence-electron chi connectivity index (χ2n) is 6.64. The molecule has 0 radical (unpaired) electrons. The number of aryl methyl sites for hydroxylation is 1. The smallest absolute Gasteiger partial charge is 0.269 e. The van der Waals surface area contributed by atoms with Crippen molar-refractivity contribution in [3.8, 4) is 0 Å². The number of nitrogens with zero attached hydrogens (tertiary/aromatic N) is 3. The van der Waals surface area contributed by atoms with Gasteiger partial charge in [0.15, 0.2) is 0 Å². The molecule has 1 aliphatic heterocycles. The maximum Gasteiger partial charge on any atom is 0.269 e. The summed E-state index contributed by atoms with van der Waals surface area (Å²) >= 11 is 0. The van der Waals surface area contributed by atoms with Crippen molar-refractivity contribution in [2.75, 3.05) is 27.2 Å². The molecule has 3 rings (SSSR count). The van der Waals surface area contributed by atoms with Crippen LogP contribution in [0.3, 0.4) is 0 Å². The highest BCUT2D eigenvalue weighted by Crippen LogP contribution is 2.33. The molecular weight excluding hydrogens is 318 g/mol. The molecule has 0 spiro atoms. The van der Waals surface area contributed by atoms with Crippen LogP contribution in [-0.4, -0.2) is 52.8 Å². The lowest BCUT2D eigenvalue weighted by molar-refractivity contribution is 0.0822. The Morgan fingerprint density at radius 3 is 3.04 bits per heavy atom. The summed E-state index contributed by atoms with van der Waals surface area (Å²) in [5.41, 5.74) is 2.79. The molecule has 25 heavy (non-hydrogen) atoms. The SMILES string of the molecule is CCn1nccc1[C@@H]1OCC[C@H]1CNCc1ccc(C(=O)N(C)C)[nH]1. The molecule has 0 aromatic carbocycles. The summed E-state index contributed by atoms with van der Waals surface area (Å²) in [5.74, 6) is 0.420. The molecule has 2 aromatic heterocycles. The summed E-state index contributed by atoms with van der Waals surface area (Å²) in [4.78, 5) is 16.7. The Morgan fingerprint density at radius 1 is 1.44 bits per heavy atom. The van der Waals surface area contributed by atoms with Gasteiger partial charge < -0.3 is 19.9 Å². The van der Waals surface area contributed by atoms with Crippen molar-refractivity contribution in [1.29, 1.82) is 0 Å². The Balaban J connectivity index is 1.54. The van der Waals surface area contributed by atoms with E-state index >= 15 is 0 Å². The van der Waals surface area contributed by atoms with Gasteiger partial charge in [0.25, 0.3) is 5.91 Å². The average molecular weight is 345 g/mol. The topological polar surface area (TPSA) is 75.2 Å². The Morgan fingerprint density at radius 2 is 2.28 bits per heavy atom. The second kappa shape index (κ2) is 7.84. The number of ether oxygens (including phenoxy) is 1. The zero-order valence-electron chi connectivity index (χ0n) is 15.2. The molecule has 2 N–H and O–H groups in total. The number of nitrogens with one attached hydrogen (secondary N) is 2. The minimum absolute atomic E-state index is 0.0108. The van der Waals surface area contributed by atoms with Crippen LogP contribution in [0.2, 0.25) is 0 Å². The highest BCUT2D eigenvalue weighted by atomic mass is 16.5. The lowest BCUT2D eigenvalue weighted by Crippen LogP contribution is -2.26. The first-order chi connectivity index (χ1) is 12.1. The summed E-state index contributed by atoms with van der Waals surface area (Å²) in [5, 5.41) is 7.84. The van der Waals surface area contributed by atoms with Crippen LogP contribution in [0.15, 0.2) is 24.4 Å². The highest BCUT2D eigenvalue weighted by molar-refractivity contribution is 5.92. The van der Waals surface area contributed by atoms with E-state index in [0.717, 1.165) is 37.5 Å². The number of carbonyl (C=O) groups excluding carboxylic acids is 1. The number of amides is 1. The Hall–Kier alpha value is -2.12. The van der Waals surface area contributed by atoms with Gasteiger partial charge in [-0.05, 0) is 31.5 Å². The van der Waals surface area contributed by atoms with Gasteiger partial charge in [0.2, 0.25) is 0 Å². The van der Waals surface area contributed by atoms with E-state index in [-0.39, 0.29) is 12.0 Å². The molecule has 2 aromatic rings. The van der Waals surface area contributed by atoms with Crippen LogP contribution in [0, 0.1) is 5.92 Å². The van der Waals surface area contributed by atoms with Crippen LogP contribution in [0.5, 0.6) is 0 Å². The maximum atomic E-state index is 11.9. The minimum atomic E-state index is -0.0108. The molecule has 1 saturated heterocycles. The molecule has 7 heteroatoms. The zero-order valence-corrected chi connectivity index (χ0v) is 15.2. The van der Waals surface area contributed by atoms with Crippen LogP contribution in [0.1, 0.15) is 41.3 Å². The molecule has 0 saturated carbocycles. The van der Waals surface area contributed by atoms with E-state index < -0.39 is 0 Å². The first-order valence-electron chi connectivity index (χ1n) is 8.83. The molecule has 0 unspecified atom stereocenters. The predicted molar refractivity (Wildman–Crippen MR) is 95.2 cm³/mol.